The third kappa shape index (κ3) is 7.93. The SMILES string of the molecule is CC(C)CC(C)[NH2+]CC(C)OC(=O)c1ccc(N)cc1.[Cl-]. The van der Waals surface area contributed by atoms with Gasteiger partial charge in [0.1, 0.15) is 12.6 Å². The van der Waals surface area contributed by atoms with Crippen LogP contribution in [0.4, 0.5) is 5.69 Å². The number of anilines is 1. The first-order valence-electron chi connectivity index (χ1n) is 7.28. The number of rotatable bonds is 7. The van der Waals surface area contributed by atoms with Gasteiger partial charge in [0.2, 0.25) is 0 Å². The quantitative estimate of drug-likeness (QED) is 0.491. The van der Waals surface area contributed by atoms with Crippen LogP contribution in [0.15, 0.2) is 24.3 Å². The summed E-state index contributed by atoms with van der Waals surface area (Å²) in [5.74, 6) is 0.399. The van der Waals surface area contributed by atoms with Crippen LogP contribution >= 0.6 is 0 Å². The van der Waals surface area contributed by atoms with Gasteiger partial charge in [-0.25, -0.2) is 4.79 Å². The molecular weight excluding hydrogens is 288 g/mol. The molecule has 0 bridgehead atoms. The highest BCUT2D eigenvalue weighted by atomic mass is 35.5. The molecule has 2 atom stereocenters. The molecule has 5 heteroatoms. The predicted octanol–water partition coefficient (Wildman–Crippen LogP) is -1.18. The van der Waals surface area contributed by atoms with Gasteiger partial charge in [-0.15, -0.1) is 0 Å². The van der Waals surface area contributed by atoms with Crippen LogP contribution < -0.4 is 23.5 Å². The zero-order chi connectivity index (χ0) is 15.1. The van der Waals surface area contributed by atoms with Crippen molar-refractivity contribution in [1.29, 1.82) is 0 Å². The fourth-order valence-electron chi connectivity index (χ4n) is 2.18. The molecule has 0 aliphatic carbocycles. The smallest absolute Gasteiger partial charge is 0.338 e. The maximum Gasteiger partial charge on any atom is 0.338 e. The van der Waals surface area contributed by atoms with Crippen molar-refractivity contribution in [2.45, 2.75) is 46.3 Å². The van der Waals surface area contributed by atoms with E-state index >= 15 is 0 Å². The number of carbonyl (C=O) groups is 1. The Balaban J connectivity index is 0.00000400. The van der Waals surface area contributed by atoms with Crippen LogP contribution in [0.25, 0.3) is 0 Å². The van der Waals surface area contributed by atoms with Crippen molar-refractivity contribution < 1.29 is 27.3 Å². The van der Waals surface area contributed by atoms with Crippen LogP contribution in [0.1, 0.15) is 44.5 Å². The number of quaternary nitrogens is 1. The van der Waals surface area contributed by atoms with E-state index in [0.29, 0.717) is 23.2 Å². The van der Waals surface area contributed by atoms with E-state index in [4.69, 9.17) is 10.5 Å². The van der Waals surface area contributed by atoms with Gasteiger partial charge in [-0.3, -0.25) is 0 Å². The fourth-order valence-corrected chi connectivity index (χ4v) is 2.18. The molecule has 1 aromatic rings. The summed E-state index contributed by atoms with van der Waals surface area (Å²) < 4.78 is 5.42. The standard InChI is InChI=1S/C16H26N2O2.ClH/c1-11(2)9-12(3)18-10-13(4)20-16(19)14-5-7-15(17)8-6-14;/h5-8,11-13,18H,9-10,17H2,1-4H3;1H. The molecule has 0 saturated heterocycles. The van der Waals surface area contributed by atoms with E-state index < -0.39 is 0 Å². The molecule has 1 aromatic carbocycles. The molecule has 4 N–H and O–H groups in total. The number of halogens is 1. The van der Waals surface area contributed by atoms with Crippen LogP contribution in [0, 0.1) is 5.92 Å². The van der Waals surface area contributed by atoms with Crippen molar-refractivity contribution in [2.75, 3.05) is 12.3 Å². The molecular formula is C16H27ClN2O2. The van der Waals surface area contributed by atoms with Gasteiger partial charge in [0.05, 0.1) is 11.6 Å². The molecule has 0 amide bonds. The second-order valence-electron chi connectivity index (χ2n) is 5.92. The summed E-state index contributed by atoms with van der Waals surface area (Å²) in [5, 5.41) is 2.24. The molecule has 0 saturated carbocycles. The number of benzene rings is 1. The lowest BCUT2D eigenvalue weighted by atomic mass is 10.1. The van der Waals surface area contributed by atoms with E-state index in [-0.39, 0.29) is 24.5 Å². The largest absolute Gasteiger partial charge is 1.00 e. The Kier molecular flexibility index (Phi) is 9.06. The lowest BCUT2D eigenvalue weighted by Gasteiger charge is -2.17. The van der Waals surface area contributed by atoms with Gasteiger partial charge in [-0.2, -0.15) is 0 Å². The predicted molar refractivity (Wildman–Crippen MR) is 81.4 cm³/mol. The van der Waals surface area contributed by atoms with Gasteiger partial charge in [0.25, 0.3) is 0 Å². The zero-order valence-corrected chi connectivity index (χ0v) is 14.1. The molecule has 120 valence electrons. The molecule has 21 heavy (non-hydrogen) atoms. The third-order valence-electron chi connectivity index (χ3n) is 3.17. The summed E-state index contributed by atoms with van der Waals surface area (Å²) in [5.41, 5.74) is 6.78. The molecule has 0 spiro atoms. The maximum atomic E-state index is 11.9. The zero-order valence-electron chi connectivity index (χ0n) is 13.3. The molecule has 0 fully saturated rings. The lowest BCUT2D eigenvalue weighted by Crippen LogP contribution is -3.00. The Hall–Kier alpha value is -1.26. The molecule has 0 aliphatic heterocycles. The van der Waals surface area contributed by atoms with Gasteiger partial charge in [-0.1, -0.05) is 13.8 Å². The molecule has 0 aliphatic rings. The van der Waals surface area contributed by atoms with Crippen LogP contribution in [0.3, 0.4) is 0 Å². The highest BCUT2D eigenvalue weighted by Crippen LogP contribution is 2.08. The summed E-state index contributed by atoms with van der Waals surface area (Å²) >= 11 is 0. The van der Waals surface area contributed by atoms with Gasteiger partial charge in [-0.05, 0) is 44.0 Å². The third-order valence-corrected chi connectivity index (χ3v) is 3.17. The molecule has 2 unspecified atom stereocenters. The minimum absolute atomic E-state index is 0. The molecule has 0 radical (unpaired) electrons. The second-order valence-corrected chi connectivity index (χ2v) is 5.92. The number of carbonyl (C=O) groups excluding carboxylic acids is 1. The van der Waals surface area contributed by atoms with Gasteiger partial charge >= 0.3 is 5.97 Å². The van der Waals surface area contributed by atoms with E-state index in [1.165, 1.54) is 6.42 Å². The monoisotopic (exact) mass is 314 g/mol. The normalized spacial score (nSPS) is 13.4. The summed E-state index contributed by atoms with van der Waals surface area (Å²) in [6.45, 7) is 9.35. The van der Waals surface area contributed by atoms with Gasteiger partial charge in [0.15, 0.2) is 0 Å². The number of hydrogen-bond acceptors (Lipinski definition) is 3. The Morgan fingerprint density at radius 2 is 1.76 bits per heavy atom. The number of nitrogens with two attached hydrogens (primary N) is 2. The Morgan fingerprint density at radius 3 is 2.29 bits per heavy atom. The van der Waals surface area contributed by atoms with Gasteiger partial charge < -0.3 is 28.2 Å². The fraction of sp³-hybridized carbons (Fsp3) is 0.562. The first-order chi connectivity index (χ1) is 9.38. The van der Waals surface area contributed by atoms with Crippen molar-refractivity contribution in [2.24, 2.45) is 5.92 Å². The average molecular weight is 315 g/mol. The number of hydrogen-bond donors (Lipinski definition) is 2. The van der Waals surface area contributed by atoms with E-state index in [9.17, 15) is 4.79 Å². The second kappa shape index (κ2) is 9.64. The highest BCUT2D eigenvalue weighted by molar-refractivity contribution is 5.89. The summed E-state index contributed by atoms with van der Waals surface area (Å²) in [4.78, 5) is 11.9. The minimum atomic E-state index is -0.289. The van der Waals surface area contributed by atoms with Crippen LogP contribution in [0.2, 0.25) is 0 Å². The van der Waals surface area contributed by atoms with E-state index in [0.717, 1.165) is 6.54 Å². The lowest BCUT2D eigenvalue weighted by molar-refractivity contribution is -0.692. The van der Waals surface area contributed by atoms with Crippen LogP contribution in [-0.4, -0.2) is 24.7 Å². The van der Waals surface area contributed by atoms with Crippen LogP contribution in [-0.2, 0) is 4.74 Å². The summed E-state index contributed by atoms with van der Waals surface area (Å²) in [7, 11) is 0. The Morgan fingerprint density at radius 1 is 1.19 bits per heavy atom. The van der Waals surface area contributed by atoms with Crippen molar-refractivity contribution in [3.63, 3.8) is 0 Å². The summed E-state index contributed by atoms with van der Waals surface area (Å²) in [6.07, 6.45) is 1.06. The molecule has 0 heterocycles. The van der Waals surface area contributed by atoms with E-state index in [1.807, 2.05) is 6.92 Å². The first-order valence-corrected chi connectivity index (χ1v) is 7.28. The van der Waals surface area contributed by atoms with Gasteiger partial charge in [0, 0.05) is 12.1 Å². The first kappa shape index (κ1) is 19.7. The molecule has 0 aromatic heterocycles. The number of ether oxygens (including phenoxy) is 1. The number of nitrogen functional groups attached to an aromatic ring is 1. The molecule has 1 rings (SSSR count). The topological polar surface area (TPSA) is 68.9 Å². The average Bonchev–Trinajstić information content (AvgIpc) is 2.36. The maximum absolute atomic E-state index is 11.9. The van der Waals surface area contributed by atoms with E-state index in [2.05, 4.69) is 26.1 Å². The number of esters is 1. The van der Waals surface area contributed by atoms with Crippen LogP contribution in [0.5, 0.6) is 0 Å². The van der Waals surface area contributed by atoms with Crippen molar-refractivity contribution in [1.82, 2.24) is 0 Å². The van der Waals surface area contributed by atoms with Crippen molar-refractivity contribution in [3.8, 4) is 0 Å². The Bertz CT molecular complexity index is 421. The molecule has 4 nitrogen and oxygen atoms in total. The summed E-state index contributed by atoms with van der Waals surface area (Å²) in [6, 6.07) is 7.34. The van der Waals surface area contributed by atoms with E-state index in [1.54, 1.807) is 24.3 Å². The minimum Gasteiger partial charge on any atom is -1.00 e. The highest BCUT2D eigenvalue weighted by Gasteiger charge is 2.15. The van der Waals surface area contributed by atoms with Crippen molar-refractivity contribution in [3.05, 3.63) is 29.8 Å². The Labute approximate surface area is 133 Å². The van der Waals surface area contributed by atoms with Crippen molar-refractivity contribution >= 4 is 11.7 Å².